The molecule has 0 radical (unpaired) electrons. The minimum atomic E-state index is -0.194. The van der Waals surface area contributed by atoms with Gasteiger partial charge in [-0.25, -0.2) is 0 Å². The molecular formula is C24H35NO2. The molecule has 0 aliphatic rings. The van der Waals surface area contributed by atoms with Crippen molar-refractivity contribution in [1.82, 2.24) is 4.98 Å². The predicted molar refractivity (Wildman–Crippen MR) is 113 cm³/mol. The molecule has 0 spiro atoms. The van der Waals surface area contributed by atoms with E-state index in [9.17, 15) is 4.79 Å². The van der Waals surface area contributed by atoms with E-state index in [-0.39, 0.29) is 5.97 Å². The number of pyridine rings is 1. The van der Waals surface area contributed by atoms with Gasteiger partial charge in [0, 0.05) is 18.0 Å². The molecule has 0 aliphatic carbocycles. The lowest BCUT2D eigenvalue weighted by molar-refractivity contribution is -0.143. The Labute approximate surface area is 165 Å². The van der Waals surface area contributed by atoms with E-state index < -0.39 is 0 Å². The van der Waals surface area contributed by atoms with Crippen LogP contribution in [0.4, 0.5) is 0 Å². The van der Waals surface area contributed by atoms with Crippen LogP contribution >= 0.6 is 0 Å². The van der Waals surface area contributed by atoms with E-state index >= 15 is 0 Å². The van der Waals surface area contributed by atoms with Gasteiger partial charge in [0.15, 0.2) is 0 Å². The monoisotopic (exact) mass is 369 g/mol. The summed E-state index contributed by atoms with van der Waals surface area (Å²) in [5.41, 5.74) is 0.912. The number of allylic oxidation sites excluding steroid dienone is 5. The summed E-state index contributed by atoms with van der Waals surface area (Å²) in [6.45, 7) is 2.53. The van der Waals surface area contributed by atoms with Gasteiger partial charge in [0.05, 0.1) is 6.42 Å². The largest absolute Gasteiger partial charge is 0.461 e. The molecule has 148 valence electrons. The Bertz CT molecular complexity index is 561. The molecule has 1 rings (SSSR count). The molecule has 1 aromatic rings. The molecule has 0 saturated heterocycles. The van der Waals surface area contributed by atoms with Crippen LogP contribution in [-0.4, -0.2) is 11.0 Å². The Morgan fingerprint density at radius 3 is 2.26 bits per heavy atom. The van der Waals surface area contributed by atoms with Crippen molar-refractivity contribution in [3.8, 4) is 0 Å². The van der Waals surface area contributed by atoms with Gasteiger partial charge in [0.2, 0.25) is 0 Å². The van der Waals surface area contributed by atoms with Crippen LogP contribution in [-0.2, 0) is 16.1 Å². The fourth-order valence-corrected chi connectivity index (χ4v) is 2.55. The zero-order valence-corrected chi connectivity index (χ0v) is 16.8. The number of aromatic nitrogens is 1. The van der Waals surface area contributed by atoms with Crippen LogP contribution in [0.5, 0.6) is 0 Å². The Kier molecular flexibility index (Phi) is 14.6. The van der Waals surface area contributed by atoms with Gasteiger partial charge in [0.25, 0.3) is 0 Å². The molecule has 0 aliphatic heterocycles. The number of rotatable bonds is 15. The summed E-state index contributed by atoms with van der Waals surface area (Å²) in [6.07, 6.45) is 27.5. The second kappa shape index (κ2) is 17.3. The van der Waals surface area contributed by atoms with Crippen LogP contribution in [0, 0.1) is 0 Å². The number of unbranched alkanes of at least 4 members (excludes halogenated alkanes) is 6. The molecule has 3 heteroatoms. The van der Waals surface area contributed by atoms with Crippen LogP contribution in [0.3, 0.4) is 0 Å². The first-order valence-electron chi connectivity index (χ1n) is 10.3. The van der Waals surface area contributed by atoms with E-state index in [0.29, 0.717) is 13.0 Å². The summed E-state index contributed by atoms with van der Waals surface area (Å²) in [5, 5.41) is 0. The van der Waals surface area contributed by atoms with E-state index in [1.807, 2.05) is 18.2 Å². The van der Waals surface area contributed by atoms with Crippen LogP contribution in [0.2, 0.25) is 0 Å². The normalized spacial score (nSPS) is 11.7. The van der Waals surface area contributed by atoms with Gasteiger partial charge in [-0.1, -0.05) is 62.3 Å². The fourth-order valence-electron chi connectivity index (χ4n) is 2.55. The summed E-state index contributed by atoms with van der Waals surface area (Å²) in [5.74, 6) is -0.194. The second-order valence-corrected chi connectivity index (χ2v) is 6.66. The minimum Gasteiger partial charge on any atom is -0.461 e. The molecule has 0 unspecified atom stereocenters. The van der Waals surface area contributed by atoms with Crippen molar-refractivity contribution in [3.05, 3.63) is 66.5 Å². The standard InChI is InChI=1S/C24H35NO2/c1-2-3-4-5-6-7-8-9-10-11-12-13-14-15-16-19-24(26)27-22-23-18-17-20-25-21-23/h6-7,9-10,15-18,20-21H,2-5,8,11-14,19,22H2,1H3/b7-6-,10-9-,16-15-. The SMILES string of the molecule is CCCCC/C=C\C/C=C\CCCC/C=C\CC(=O)OCc1cccnc1. The maximum absolute atomic E-state index is 11.6. The van der Waals surface area contributed by atoms with Crippen molar-refractivity contribution < 1.29 is 9.53 Å². The van der Waals surface area contributed by atoms with Crippen LogP contribution in [0.15, 0.2) is 61.0 Å². The van der Waals surface area contributed by atoms with E-state index in [4.69, 9.17) is 4.74 Å². The first-order valence-corrected chi connectivity index (χ1v) is 10.3. The van der Waals surface area contributed by atoms with E-state index in [1.165, 1.54) is 32.1 Å². The van der Waals surface area contributed by atoms with Crippen molar-refractivity contribution in [2.24, 2.45) is 0 Å². The first-order chi connectivity index (χ1) is 13.3. The highest BCUT2D eigenvalue weighted by Gasteiger charge is 2.00. The molecule has 0 aromatic carbocycles. The van der Waals surface area contributed by atoms with Gasteiger partial charge in [-0.15, -0.1) is 0 Å². The predicted octanol–water partition coefficient (Wildman–Crippen LogP) is 6.71. The lowest BCUT2D eigenvalue weighted by Gasteiger charge is -2.02. The van der Waals surface area contributed by atoms with Crippen molar-refractivity contribution in [2.75, 3.05) is 0 Å². The van der Waals surface area contributed by atoms with Gasteiger partial charge in [-0.3, -0.25) is 9.78 Å². The molecule has 0 N–H and O–H groups in total. The van der Waals surface area contributed by atoms with Gasteiger partial charge in [0.1, 0.15) is 6.61 Å². The van der Waals surface area contributed by atoms with Crippen LogP contribution in [0.1, 0.15) is 76.7 Å². The van der Waals surface area contributed by atoms with Crippen LogP contribution in [0.25, 0.3) is 0 Å². The summed E-state index contributed by atoms with van der Waals surface area (Å²) in [7, 11) is 0. The average Bonchev–Trinajstić information content (AvgIpc) is 2.70. The van der Waals surface area contributed by atoms with Crippen molar-refractivity contribution >= 4 is 5.97 Å². The van der Waals surface area contributed by atoms with E-state index in [2.05, 4.69) is 42.3 Å². The molecule has 0 fully saturated rings. The maximum atomic E-state index is 11.6. The lowest BCUT2D eigenvalue weighted by Crippen LogP contribution is -2.03. The summed E-state index contributed by atoms with van der Waals surface area (Å²) in [4.78, 5) is 15.6. The lowest BCUT2D eigenvalue weighted by atomic mass is 10.1. The van der Waals surface area contributed by atoms with Gasteiger partial charge >= 0.3 is 5.97 Å². The fraction of sp³-hybridized carbons (Fsp3) is 0.500. The molecule has 0 atom stereocenters. The topological polar surface area (TPSA) is 39.2 Å². The summed E-state index contributed by atoms with van der Waals surface area (Å²) >= 11 is 0. The molecule has 0 amide bonds. The smallest absolute Gasteiger partial charge is 0.309 e. The molecule has 1 heterocycles. The number of hydrogen-bond donors (Lipinski definition) is 0. The highest BCUT2D eigenvalue weighted by atomic mass is 16.5. The zero-order valence-electron chi connectivity index (χ0n) is 16.8. The number of hydrogen-bond acceptors (Lipinski definition) is 3. The molecule has 0 bridgehead atoms. The summed E-state index contributed by atoms with van der Waals surface area (Å²) in [6, 6.07) is 3.73. The van der Waals surface area contributed by atoms with Crippen LogP contribution < -0.4 is 0 Å². The molecule has 3 nitrogen and oxygen atoms in total. The zero-order chi connectivity index (χ0) is 19.4. The average molecular weight is 370 g/mol. The van der Waals surface area contributed by atoms with E-state index in [0.717, 1.165) is 31.2 Å². The number of carbonyl (C=O) groups excluding carboxylic acids is 1. The second-order valence-electron chi connectivity index (χ2n) is 6.66. The molecule has 27 heavy (non-hydrogen) atoms. The number of nitrogens with zero attached hydrogens (tertiary/aromatic N) is 1. The Balaban J connectivity index is 1.92. The quantitative estimate of drug-likeness (QED) is 0.196. The highest BCUT2D eigenvalue weighted by molar-refractivity contribution is 5.71. The van der Waals surface area contributed by atoms with Crippen molar-refractivity contribution in [1.29, 1.82) is 0 Å². The van der Waals surface area contributed by atoms with Crippen molar-refractivity contribution in [3.63, 3.8) is 0 Å². The van der Waals surface area contributed by atoms with Gasteiger partial charge < -0.3 is 4.74 Å². The van der Waals surface area contributed by atoms with Gasteiger partial charge in [-0.05, 0) is 51.0 Å². The Morgan fingerprint density at radius 1 is 0.963 bits per heavy atom. The van der Waals surface area contributed by atoms with E-state index in [1.54, 1.807) is 12.4 Å². The Hall–Kier alpha value is -2.16. The maximum Gasteiger partial charge on any atom is 0.309 e. The first kappa shape index (κ1) is 22.9. The number of ether oxygens (including phenoxy) is 1. The Morgan fingerprint density at radius 2 is 1.63 bits per heavy atom. The summed E-state index contributed by atoms with van der Waals surface area (Å²) < 4.78 is 5.20. The molecular weight excluding hydrogens is 334 g/mol. The third-order valence-corrected chi connectivity index (χ3v) is 4.15. The third kappa shape index (κ3) is 14.7. The third-order valence-electron chi connectivity index (χ3n) is 4.15. The number of esters is 1. The van der Waals surface area contributed by atoms with Crippen molar-refractivity contribution in [2.45, 2.75) is 77.7 Å². The molecule has 0 saturated carbocycles. The van der Waals surface area contributed by atoms with Gasteiger partial charge in [-0.2, -0.15) is 0 Å². The highest BCUT2D eigenvalue weighted by Crippen LogP contribution is 2.05. The molecule has 1 aromatic heterocycles. The minimum absolute atomic E-state index is 0.194. The number of carbonyl (C=O) groups is 1.